The van der Waals surface area contributed by atoms with Gasteiger partial charge in [0.05, 0.1) is 11.4 Å². The number of carboxylic acids is 1. The van der Waals surface area contributed by atoms with E-state index in [1.54, 1.807) is 10.6 Å². The summed E-state index contributed by atoms with van der Waals surface area (Å²) in [5.74, 6) is -2.80. The summed E-state index contributed by atoms with van der Waals surface area (Å²) < 4.78 is 2.84. The van der Waals surface area contributed by atoms with Gasteiger partial charge in [0.1, 0.15) is 11.1 Å². The summed E-state index contributed by atoms with van der Waals surface area (Å²) in [6, 6.07) is 8.49. The predicted molar refractivity (Wildman–Crippen MR) is 103 cm³/mol. The quantitative estimate of drug-likeness (QED) is 0.639. The van der Waals surface area contributed by atoms with Crippen molar-refractivity contribution in [2.24, 2.45) is 13.0 Å². The number of carbonyl (C=O) groups is 2. The predicted octanol–water partition coefficient (Wildman–Crippen LogP) is 1.87. The molecule has 8 nitrogen and oxygen atoms in total. The number of rotatable bonds is 3. The molecule has 0 saturated heterocycles. The van der Waals surface area contributed by atoms with Crippen molar-refractivity contribution in [3.63, 3.8) is 0 Å². The van der Waals surface area contributed by atoms with E-state index in [1.165, 1.54) is 11.7 Å². The van der Waals surface area contributed by atoms with Gasteiger partial charge in [-0.1, -0.05) is 31.0 Å². The summed E-state index contributed by atoms with van der Waals surface area (Å²) in [5.41, 5.74) is 0.0588. The Bertz CT molecular complexity index is 1160. The molecule has 28 heavy (non-hydrogen) atoms. The Hall–Kier alpha value is -3.29. The number of amides is 1. The SMILES string of the molecule is Cn1c(=O)c(C(=O)NC2CCCCC2C(=O)O)c(O)c2cc3ccccc3n21. The van der Waals surface area contributed by atoms with E-state index in [2.05, 4.69) is 5.32 Å². The van der Waals surface area contributed by atoms with Crippen LogP contribution in [-0.2, 0) is 11.8 Å². The van der Waals surface area contributed by atoms with E-state index in [0.717, 1.165) is 23.7 Å². The van der Waals surface area contributed by atoms with Gasteiger partial charge in [0.15, 0.2) is 5.75 Å². The number of aryl methyl sites for hydroxylation is 1. The van der Waals surface area contributed by atoms with E-state index in [9.17, 15) is 24.6 Å². The summed E-state index contributed by atoms with van der Waals surface area (Å²) in [7, 11) is 1.53. The molecule has 1 aromatic carbocycles. The number of aliphatic carboxylic acids is 1. The van der Waals surface area contributed by atoms with E-state index in [0.29, 0.717) is 18.4 Å². The van der Waals surface area contributed by atoms with Crippen LogP contribution in [-0.4, -0.2) is 37.3 Å². The van der Waals surface area contributed by atoms with Crippen LogP contribution < -0.4 is 10.9 Å². The van der Waals surface area contributed by atoms with Crippen molar-refractivity contribution >= 4 is 28.3 Å². The fraction of sp³-hybridized carbons (Fsp3) is 0.350. The molecule has 1 fully saturated rings. The third-order valence-electron chi connectivity index (χ3n) is 5.60. The lowest BCUT2D eigenvalue weighted by molar-refractivity contribution is -0.143. The molecule has 0 spiro atoms. The Balaban J connectivity index is 1.80. The molecule has 2 heterocycles. The number of nitrogens with zero attached hydrogens (tertiary/aromatic N) is 2. The monoisotopic (exact) mass is 383 g/mol. The topological polar surface area (TPSA) is 113 Å². The van der Waals surface area contributed by atoms with Crippen LogP contribution in [0.15, 0.2) is 35.1 Å². The van der Waals surface area contributed by atoms with Crippen molar-refractivity contribution in [3.8, 4) is 5.75 Å². The Morgan fingerprint density at radius 2 is 1.86 bits per heavy atom. The number of aromatic hydroxyl groups is 1. The van der Waals surface area contributed by atoms with Gasteiger partial charge >= 0.3 is 5.97 Å². The highest BCUT2D eigenvalue weighted by Crippen LogP contribution is 2.29. The zero-order chi connectivity index (χ0) is 20.0. The van der Waals surface area contributed by atoms with Crippen LogP contribution in [0.4, 0.5) is 0 Å². The van der Waals surface area contributed by atoms with Gasteiger partial charge in [-0.05, 0) is 25.0 Å². The molecule has 2 unspecified atom stereocenters. The van der Waals surface area contributed by atoms with Crippen LogP contribution in [0.2, 0.25) is 0 Å². The summed E-state index contributed by atoms with van der Waals surface area (Å²) in [6.45, 7) is 0. The summed E-state index contributed by atoms with van der Waals surface area (Å²) in [4.78, 5) is 37.2. The molecule has 1 aliphatic carbocycles. The number of benzene rings is 1. The number of nitrogens with one attached hydrogen (secondary N) is 1. The number of carbonyl (C=O) groups excluding carboxylic acids is 1. The Morgan fingerprint density at radius 1 is 1.14 bits per heavy atom. The number of aromatic nitrogens is 2. The first-order chi connectivity index (χ1) is 13.4. The molecule has 146 valence electrons. The van der Waals surface area contributed by atoms with E-state index in [-0.39, 0.29) is 5.56 Å². The normalized spacial score (nSPS) is 19.8. The van der Waals surface area contributed by atoms with Gasteiger partial charge in [0.25, 0.3) is 11.5 Å². The smallest absolute Gasteiger partial charge is 0.308 e. The highest BCUT2D eigenvalue weighted by molar-refractivity contribution is 6.00. The molecule has 1 amide bonds. The first-order valence-corrected chi connectivity index (χ1v) is 9.26. The van der Waals surface area contributed by atoms with Crippen LogP contribution in [0, 0.1) is 5.92 Å². The van der Waals surface area contributed by atoms with Crippen molar-refractivity contribution in [1.29, 1.82) is 0 Å². The van der Waals surface area contributed by atoms with E-state index < -0.39 is 35.1 Å². The molecule has 3 aromatic rings. The highest BCUT2D eigenvalue weighted by Gasteiger charge is 2.33. The zero-order valence-corrected chi connectivity index (χ0v) is 15.4. The van der Waals surface area contributed by atoms with Crippen molar-refractivity contribution in [1.82, 2.24) is 14.5 Å². The molecule has 0 radical (unpaired) electrons. The Morgan fingerprint density at radius 3 is 2.61 bits per heavy atom. The molecule has 1 aliphatic rings. The van der Waals surface area contributed by atoms with Crippen LogP contribution in [0.25, 0.3) is 16.4 Å². The van der Waals surface area contributed by atoms with E-state index in [4.69, 9.17) is 0 Å². The lowest BCUT2D eigenvalue weighted by Gasteiger charge is -2.29. The third kappa shape index (κ3) is 2.72. The molecule has 3 N–H and O–H groups in total. The molecule has 2 aromatic heterocycles. The second-order valence-corrected chi connectivity index (χ2v) is 7.26. The van der Waals surface area contributed by atoms with Crippen LogP contribution in [0.5, 0.6) is 5.75 Å². The molecule has 0 aliphatic heterocycles. The number of hydrogen-bond acceptors (Lipinski definition) is 4. The molecule has 4 rings (SSSR count). The third-order valence-corrected chi connectivity index (χ3v) is 5.60. The minimum absolute atomic E-state index is 0.340. The van der Waals surface area contributed by atoms with Crippen LogP contribution in [0.3, 0.4) is 0 Å². The molecular weight excluding hydrogens is 362 g/mol. The maximum absolute atomic E-state index is 12.8. The highest BCUT2D eigenvalue weighted by atomic mass is 16.4. The minimum atomic E-state index is -0.963. The average molecular weight is 383 g/mol. The molecule has 1 saturated carbocycles. The fourth-order valence-corrected chi connectivity index (χ4v) is 4.16. The van der Waals surface area contributed by atoms with Crippen LogP contribution >= 0.6 is 0 Å². The lowest BCUT2D eigenvalue weighted by Crippen LogP contribution is -2.46. The largest absolute Gasteiger partial charge is 0.505 e. The summed E-state index contributed by atoms with van der Waals surface area (Å²) >= 11 is 0. The Labute approximate surface area is 160 Å². The lowest BCUT2D eigenvalue weighted by atomic mass is 9.84. The van der Waals surface area contributed by atoms with Gasteiger partial charge in [-0.25, -0.2) is 9.20 Å². The first-order valence-electron chi connectivity index (χ1n) is 9.26. The average Bonchev–Trinajstić information content (AvgIpc) is 3.07. The maximum Gasteiger partial charge on any atom is 0.308 e. The van der Waals surface area contributed by atoms with Crippen molar-refractivity contribution in [2.45, 2.75) is 31.7 Å². The van der Waals surface area contributed by atoms with E-state index in [1.807, 2.05) is 24.3 Å². The van der Waals surface area contributed by atoms with Crippen LogP contribution in [0.1, 0.15) is 36.0 Å². The van der Waals surface area contributed by atoms with Gasteiger partial charge in [0.2, 0.25) is 0 Å². The second kappa shape index (κ2) is 6.70. The summed E-state index contributed by atoms with van der Waals surface area (Å²) in [6.07, 6.45) is 2.61. The number of hydrogen-bond donors (Lipinski definition) is 3. The molecule has 8 heteroatoms. The number of fused-ring (bicyclic) bond motifs is 3. The maximum atomic E-state index is 12.8. The van der Waals surface area contributed by atoms with Gasteiger partial charge < -0.3 is 15.5 Å². The summed E-state index contributed by atoms with van der Waals surface area (Å²) in [5, 5.41) is 23.6. The zero-order valence-electron chi connectivity index (χ0n) is 15.4. The van der Waals surface area contributed by atoms with Gasteiger partial charge in [-0.15, -0.1) is 0 Å². The first kappa shape index (κ1) is 18.1. The minimum Gasteiger partial charge on any atom is -0.505 e. The van der Waals surface area contributed by atoms with Crippen molar-refractivity contribution < 1.29 is 19.8 Å². The Kier molecular flexibility index (Phi) is 4.33. The standard InChI is InChI=1S/C20H21N3O5/c1-22-19(26)16(18(25)21-13-8-4-3-7-12(13)20(27)28)17(24)15-10-11-6-2-5-9-14(11)23(15)22/h2,5-6,9-10,12-13,24H,3-4,7-8H2,1H3,(H,21,25)(H,27,28). The van der Waals surface area contributed by atoms with Gasteiger partial charge in [-0.2, -0.15) is 0 Å². The van der Waals surface area contributed by atoms with Crippen molar-refractivity contribution in [2.75, 3.05) is 0 Å². The van der Waals surface area contributed by atoms with Crippen molar-refractivity contribution in [3.05, 3.63) is 46.2 Å². The number of para-hydroxylation sites is 1. The molecule has 2 atom stereocenters. The molecular formula is C20H21N3O5. The fourth-order valence-electron chi connectivity index (χ4n) is 4.16. The second-order valence-electron chi connectivity index (χ2n) is 7.26. The number of carboxylic acid groups (broad SMARTS) is 1. The molecule has 0 bridgehead atoms. The van der Waals surface area contributed by atoms with Gasteiger partial charge in [0, 0.05) is 18.5 Å². The van der Waals surface area contributed by atoms with E-state index >= 15 is 0 Å². The van der Waals surface area contributed by atoms with Gasteiger partial charge in [-0.3, -0.25) is 14.4 Å².